The van der Waals surface area contributed by atoms with Crippen LogP contribution in [0.15, 0.2) is 0 Å². The van der Waals surface area contributed by atoms with Gasteiger partial charge >= 0.3 is 0 Å². The van der Waals surface area contributed by atoms with Gasteiger partial charge in [0.1, 0.15) is 0 Å². The molecule has 0 fully saturated rings. The molecule has 1 atom stereocenters. The minimum Gasteiger partial charge on any atom is -0.316 e. The minimum atomic E-state index is 0.763. The zero-order valence-electron chi connectivity index (χ0n) is 11.3. The maximum Gasteiger partial charge on any atom is -0.00207 e. The standard InChI is InChI=1S/C13H30N2/c1-11(2)9-14-7-6-8-15-10-13(5)12(3)4/h11-15H,6-10H2,1-5H3. The van der Waals surface area contributed by atoms with Crippen molar-refractivity contribution in [1.82, 2.24) is 10.6 Å². The Hall–Kier alpha value is -0.0800. The van der Waals surface area contributed by atoms with Gasteiger partial charge in [0, 0.05) is 0 Å². The smallest absolute Gasteiger partial charge is 0.00207 e. The van der Waals surface area contributed by atoms with E-state index in [1.165, 1.54) is 6.42 Å². The van der Waals surface area contributed by atoms with E-state index in [-0.39, 0.29) is 0 Å². The van der Waals surface area contributed by atoms with Crippen molar-refractivity contribution in [2.75, 3.05) is 26.2 Å². The molecule has 0 heterocycles. The Morgan fingerprint density at radius 2 is 1.33 bits per heavy atom. The molecule has 0 aromatic rings. The molecule has 15 heavy (non-hydrogen) atoms. The first-order valence-electron chi connectivity index (χ1n) is 6.45. The zero-order valence-corrected chi connectivity index (χ0v) is 11.3. The number of nitrogens with one attached hydrogen (secondary N) is 2. The second-order valence-corrected chi connectivity index (χ2v) is 5.38. The van der Waals surface area contributed by atoms with E-state index in [4.69, 9.17) is 0 Å². The third-order valence-electron chi connectivity index (χ3n) is 2.86. The Morgan fingerprint density at radius 3 is 1.80 bits per heavy atom. The Kier molecular flexibility index (Phi) is 9.12. The van der Waals surface area contributed by atoms with Crippen molar-refractivity contribution in [2.45, 2.75) is 41.0 Å². The molecule has 2 N–H and O–H groups in total. The Morgan fingerprint density at radius 1 is 0.800 bits per heavy atom. The number of hydrogen-bond donors (Lipinski definition) is 2. The van der Waals surface area contributed by atoms with Gasteiger partial charge in [-0.05, 0) is 50.4 Å². The zero-order chi connectivity index (χ0) is 11.7. The first kappa shape index (κ1) is 14.9. The van der Waals surface area contributed by atoms with Crippen LogP contribution >= 0.6 is 0 Å². The van der Waals surface area contributed by atoms with Crippen LogP contribution in [0.3, 0.4) is 0 Å². The molecule has 0 aromatic carbocycles. The summed E-state index contributed by atoms with van der Waals surface area (Å²) >= 11 is 0. The maximum atomic E-state index is 3.51. The number of rotatable bonds is 9. The molecule has 0 aliphatic heterocycles. The fourth-order valence-corrected chi connectivity index (χ4v) is 1.29. The second-order valence-electron chi connectivity index (χ2n) is 5.38. The maximum absolute atomic E-state index is 3.51. The molecule has 0 amide bonds. The molecule has 0 saturated heterocycles. The van der Waals surface area contributed by atoms with Gasteiger partial charge in [-0.3, -0.25) is 0 Å². The highest BCUT2D eigenvalue weighted by molar-refractivity contribution is 4.61. The molecule has 2 nitrogen and oxygen atoms in total. The predicted molar refractivity (Wildman–Crippen MR) is 69.2 cm³/mol. The van der Waals surface area contributed by atoms with Crippen molar-refractivity contribution in [3.63, 3.8) is 0 Å². The normalized spacial score (nSPS) is 13.8. The summed E-state index contributed by atoms with van der Waals surface area (Å²) in [5.74, 6) is 2.34. The fourth-order valence-electron chi connectivity index (χ4n) is 1.29. The molecule has 2 heteroatoms. The highest BCUT2D eigenvalue weighted by atomic mass is 14.9. The van der Waals surface area contributed by atoms with Crippen LogP contribution in [0.5, 0.6) is 0 Å². The molecular weight excluding hydrogens is 184 g/mol. The summed E-state index contributed by atoms with van der Waals surface area (Å²) in [6.45, 7) is 16.0. The summed E-state index contributed by atoms with van der Waals surface area (Å²) < 4.78 is 0. The first-order valence-corrected chi connectivity index (χ1v) is 6.45. The third-order valence-corrected chi connectivity index (χ3v) is 2.86. The van der Waals surface area contributed by atoms with Gasteiger partial charge < -0.3 is 10.6 Å². The van der Waals surface area contributed by atoms with Crippen LogP contribution in [0.25, 0.3) is 0 Å². The molecule has 0 spiro atoms. The van der Waals surface area contributed by atoms with Crippen molar-refractivity contribution in [3.8, 4) is 0 Å². The summed E-state index contributed by atoms with van der Waals surface area (Å²) in [5.41, 5.74) is 0. The molecular formula is C13H30N2. The second kappa shape index (κ2) is 9.17. The molecule has 0 aromatic heterocycles. The molecule has 1 unspecified atom stereocenters. The molecule has 0 rings (SSSR count). The molecule has 0 saturated carbocycles. The highest BCUT2D eigenvalue weighted by Crippen LogP contribution is 2.07. The van der Waals surface area contributed by atoms with E-state index in [9.17, 15) is 0 Å². The monoisotopic (exact) mass is 214 g/mol. The Balaban J connectivity index is 3.11. The van der Waals surface area contributed by atoms with Crippen LogP contribution in [-0.4, -0.2) is 26.2 Å². The van der Waals surface area contributed by atoms with Crippen LogP contribution in [0.2, 0.25) is 0 Å². The lowest BCUT2D eigenvalue weighted by Crippen LogP contribution is -2.28. The third kappa shape index (κ3) is 10.2. The van der Waals surface area contributed by atoms with E-state index in [0.717, 1.165) is 43.9 Å². The van der Waals surface area contributed by atoms with E-state index in [0.29, 0.717) is 0 Å². The van der Waals surface area contributed by atoms with Gasteiger partial charge in [-0.25, -0.2) is 0 Å². The van der Waals surface area contributed by atoms with Gasteiger partial charge in [0.2, 0.25) is 0 Å². The fraction of sp³-hybridized carbons (Fsp3) is 1.00. The van der Waals surface area contributed by atoms with Crippen molar-refractivity contribution in [1.29, 1.82) is 0 Å². The minimum absolute atomic E-state index is 0.763. The Labute approximate surface area is 96.2 Å². The average Bonchev–Trinajstić information content (AvgIpc) is 2.15. The molecule has 0 aliphatic rings. The lowest BCUT2D eigenvalue weighted by atomic mass is 9.98. The van der Waals surface area contributed by atoms with E-state index in [1.54, 1.807) is 0 Å². The SMILES string of the molecule is CC(C)CNCCCNCC(C)C(C)C. The van der Waals surface area contributed by atoms with Crippen LogP contribution in [0.1, 0.15) is 41.0 Å². The quantitative estimate of drug-likeness (QED) is 0.576. The van der Waals surface area contributed by atoms with E-state index in [1.807, 2.05) is 0 Å². The van der Waals surface area contributed by atoms with Gasteiger partial charge in [0.15, 0.2) is 0 Å². The average molecular weight is 214 g/mol. The molecule has 0 aliphatic carbocycles. The number of hydrogen-bond acceptors (Lipinski definition) is 2. The van der Waals surface area contributed by atoms with Crippen molar-refractivity contribution in [2.24, 2.45) is 17.8 Å². The Bertz CT molecular complexity index is 132. The summed E-state index contributed by atoms with van der Waals surface area (Å²) in [7, 11) is 0. The van der Waals surface area contributed by atoms with E-state index in [2.05, 4.69) is 45.3 Å². The van der Waals surface area contributed by atoms with Crippen molar-refractivity contribution >= 4 is 0 Å². The molecule has 0 bridgehead atoms. The van der Waals surface area contributed by atoms with Gasteiger partial charge in [0.25, 0.3) is 0 Å². The lowest BCUT2D eigenvalue weighted by Gasteiger charge is -2.16. The molecule has 92 valence electrons. The van der Waals surface area contributed by atoms with Gasteiger partial charge in [-0.1, -0.05) is 34.6 Å². The highest BCUT2D eigenvalue weighted by Gasteiger charge is 2.05. The van der Waals surface area contributed by atoms with Crippen molar-refractivity contribution in [3.05, 3.63) is 0 Å². The van der Waals surface area contributed by atoms with Gasteiger partial charge in [-0.15, -0.1) is 0 Å². The summed E-state index contributed by atoms with van der Waals surface area (Å²) in [5, 5.41) is 6.97. The largest absolute Gasteiger partial charge is 0.316 e. The lowest BCUT2D eigenvalue weighted by molar-refractivity contribution is 0.391. The van der Waals surface area contributed by atoms with Crippen LogP contribution in [0.4, 0.5) is 0 Å². The van der Waals surface area contributed by atoms with E-state index < -0.39 is 0 Å². The predicted octanol–water partition coefficient (Wildman–Crippen LogP) is 2.50. The molecule has 0 radical (unpaired) electrons. The first-order chi connectivity index (χ1) is 7.04. The summed E-state index contributed by atoms with van der Waals surface area (Å²) in [6, 6.07) is 0. The summed E-state index contributed by atoms with van der Waals surface area (Å²) in [4.78, 5) is 0. The van der Waals surface area contributed by atoms with Gasteiger partial charge in [-0.2, -0.15) is 0 Å². The van der Waals surface area contributed by atoms with Crippen LogP contribution < -0.4 is 10.6 Å². The van der Waals surface area contributed by atoms with Crippen LogP contribution in [0, 0.1) is 17.8 Å². The van der Waals surface area contributed by atoms with Gasteiger partial charge in [0.05, 0.1) is 0 Å². The topological polar surface area (TPSA) is 24.1 Å². The van der Waals surface area contributed by atoms with Crippen LogP contribution in [-0.2, 0) is 0 Å². The van der Waals surface area contributed by atoms with E-state index >= 15 is 0 Å². The van der Waals surface area contributed by atoms with Crippen molar-refractivity contribution < 1.29 is 0 Å². The summed E-state index contributed by atoms with van der Waals surface area (Å²) in [6.07, 6.45) is 1.23.